The van der Waals surface area contributed by atoms with Gasteiger partial charge >= 0.3 is 0 Å². The summed E-state index contributed by atoms with van der Waals surface area (Å²) in [6.45, 7) is 2.69. The van der Waals surface area contributed by atoms with Gasteiger partial charge < -0.3 is 4.90 Å². The van der Waals surface area contributed by atoms with Gasteiger partial charge in [0.2, 0.25) is 15.9 Å². The van der Waals surface area contributed by atoms with Crippen LogP contribution in [0.1, 0.15) is 25.3 Å². The Balaban J connectivity index is 1.56. The maximum atomic E-state index is 13.3. The predicted octanol–water partition coefficient (Wildman–Crippen LogP) is 3.72. The maximum absolute atomic E-state index is 13.3. The molecule has 7 heteroatoms. The number of carbonyl (C=O) groups excluding carboxylic acids is 1. The summed E-state index contributed by atoms with van der Waals surface area (Å²) in [5.74, 6) is -0.308. The highest BCUT2D eigenvalue weighted by Gasteiger charge is 2.39. The summed E-state index contributed by atoms with van der Waals surface area (Å²) < 4.78 is 27.5. The van der Waals surface area contributed by atoms with E-state index in [0.717, 1.165) is 12.1 Å². The lowest BCUT2D eigenvalue weighted by Gasteiger charge is -2.34. The van der Waals surface area contributed by atoms with Crippen molar-refractivity contribution < 1.29 is 13.2 Å². The molecule has 2 aliphatic heterocycles. The van der Waals surface area contributed by atoms with Crippen LogP contribution in [0.15, 0.2) is 53.4 Å². The van der Waals surface area contributed by atoms with Gasteiger partial charge in [-0.15, -0.1) is 0 Å². The molecule has 0 unspecified atom stereocenters. The molecule has 0 radical (unpaired) electrons. The van der Waals surface area contributed by atoms with Gasteiger partial charge in [0.05, 0.1) is 10.8 Å². The third kappa shape index (κ3) is 3.45. The molecule has 2 heterocycles. The molecule has 4 rings (SSSR count). The zero-order valence-corrected chi connectivity index (χ0v) is 17.3. The first kappa shape index (κ1) is 19.4. The SMILES string of the molecule is C[C@H]1Cc2ccccc2N1C(=O)[C@H]1CCCN(S(=O)(=O)c2ccc(Cl)cc2)C1. The number of nitrogens with zero attached hydrogens (tertiary/aromatic N) is 2. The first-order valence-electron chi connectivity index (χ1n) is 9.54. The van der Waals surface area contributed by atoms with E-state index in [2.05, 4.69) is 6.07 Å². The minimum atomic E-state index is -3.64. The molecule has 2 aliphatic rings. The first-order valence-corrected chi connectivity index (χ1v) is 11.4. The smallest absolute Gasteiger partial charge is 0.243 e. The van der Waals surface area contributed by atoms with Crippen LogP contribution in [0.3, 0.4) is 0 Å². The number of hydrogen-bond acceptors (Lipinski definition) is 3. The first-order chi connectivity index (χ1) is 13.4. The number of carbonyl (C=O) groups is 1. The van der Waals surface area contributed by atoms with E-state index in [4.69, 9.17) is 11.6 Å². The van der Waals surface area contributed by atoms with Crippen LogP contribution in [0.2, 0.25) is 5.02 Å². The van der Waals surface area contributed by atoms with Gasteiger partial charge in [-0.3, -0.25) is 4.79 Å². The van der Waals surface area contributed by atoms with E-state index < -0.39 is 10.0 Å². The molecule has 0 spiro atoms. The Labute approximate surface area is 171 Å². The molecule has 5 nitrogen and oxygen atoms in total. The van der Waals surface area contributed by atoms with Crippen LogP contribution >= 0.6 is 11.6 Å². The van der Waals surface area contributed by atoms with Crippen LogP contribution in [0, 0.1) is 5.92 Å². The van der Waals surface area contributed by atoms with Gasteiger partial charge in [0.15, 0.2) is 0 Å². The normalized spacial score (nSPS) is 22.9. The Morgan fingerprint density at radius 3 is 2.57 bits per heavy atom. The Morgan fingerprint density at radius 1 is 1.11 bits per heavy atom. The van der Waals surface area contributed by atoms with Gasteiger partial charge in [-0.2, -0.15) is 4.31 Å². The number of rotatable bonds is 3. The Kier molecular flexibility index (Phi) is 5.21. The second-order valence-electron chi connectivity index (χ2n) is 7.55. The Bertz CT molecular complexity index is 991. The van der Waals surface area contributed by atoms with Crippen LogP contribution in [0.25, 0.3) is 0 Å². The highest BCUT2D eigenvalue weighted by Crippen LogP contribution is 2.35. The van der Waals surface area contributed by atoms with Crippen LogP contribution < -0.4 is 4.90 Å². The molecular formula is C21H23ClN2O3S. The zero-order valence-electron chi connectivity index (χ0n) is 15.7. The lowest BCUT2D eigenvalue weighted by Crippen LogP contribution is -2.48. The van der Waals surface area contributed by atoms with Gasteiger partial charge in [0, 0.05) is 29.8 Å². The van der Waals surface area contributed by atoms with Crippen molar-refractivity contribution in [1.29, 1.82) is 0 Å². The number of para-hydroxylation sites is 1. The van der Waals surface area contributed by atoms with Crippen molar-refractivity contribution in [2.75, 3.05) is 18.0 Å². The highest BCUT2D eigenvalue weighted by molar-refractivity contribution is 7.89. The van der Waals surface area contributed by atoms with E-state index >= 15 is 0 Å². The molecule has 2 atom stereocenters. The van der Waals surface area contributed by atoms with E-state index in [9.17, 15) is 13.2 Å². The van der Waals surface area contributed by atoms with E-state index in [1.807, 2.05) is 30.0 Å². The van der Waals surface area contributed by atoms with Crippen molar-refractivity contribution in [3.63, 3.8) is 0 Å². The lowest BCUT2D eigenvalue weighted by molar-refractivity contribution is -0.123. The summed E-state index contributed by atoms with van der Waals surface area (Å²) in [4.78, 5) is 15.4. The highest BCUT2D eigenvalue weighted by atomic mass is 35.5. The van der Waals surface area contributed by atoms with E-state index in [0.29, 0.717) is 24.4 Å². The minimum Gasteiger partial charge on any atom is -0.309 e. The number of fused-ring (bicyclic) bond motifs is 1. The van der Waals surface area contributed by atoms with Crippen molar-refractivity contribution in [3.05, 3.63) is 59.1 Å². The minimum absolute atomic E-state index is 0.0217. The molecule has 2 aromatic carbocycles. The maximum Gasteiger partial charge on any atom is 0.243 e. The van der Waals surface area contributed by atoms with Crippen LogP contribution in [-0.2, 0) is 21.2 Å². The quantitative estimate of drug-likeness (QED) is 0.763. The molecule has 2 aromatic rings. The molecule has 0 saturated carbocycles. The number of piperidine rings is 1. The van der Waals surface area contributed by atoms with Crippen LogP contribution in [0.4, 0.5) is 5.69 Å². The molecule has 1 amide bonds. The largest absolute Gasteiger partial charge is 0.309 e. The Morgan fingerprint density at radius 2 is 1.82 bits per heavy atom. The second kappa shape index (κ2) is 7.50. The molecule has 148 valence electrons. The number of anilines is 1. The monoisotopic (exact) mass is 418 g/mol. The van der Waals surface area contributed by atoms with Crippen molar-refractivity contribution in [2.45, 2.75) is 37.1 Å². The second-order valence-corrected chi connectivity index (χ2v) is 9.92. The van der Waals surface area contributed by atoms with Gasteiger partial charge in [-0.1, -0.05) is 29.8 Å². The average molecular weight is 419 g/mol. The van der Waals surface area contributed by atoms with E-state index in [1.54, 1.807) is 12.1 Å². The molecule has 1 fully saturated rings. The van der Waals surface area contributed by atoms with Crippen molar-refractivity contribution in [1.82, 2.24) is 4.31 Å². The lowest BCUT2D eigenvalue weighted by atomic mass is 9.97. The van der Waals surface area contributed by atoms with Crippen molar-refractivity contribution >= 4 is 33.2 Å². The fraction of sp³-hybridized carbons (Fsp3) is 0.381. The third-order valence-corrected chi connectivity index (χ3v) is 7.76. The summed E-state index contributed by atoms with van der Waals surface area (Å²) >= 11 is 5.88. The molecule has 0 aromatic heterocycles. The number of amides is 1. The van der Waals surface area contributed by atoms with Gasteiger partial charge in [-0.05, 0) is 62.1 Å². The summed E-state index contributed by atoms with van der Waals surface area (Å²) in [6, 6.07) is 14.2. The summed E-state index contributed by atoms with van der Waals surface area (Å²) in [5.41, 5.74) is 2.13. The summed E-state index contributed by atoms with van der Waals surface area (Å²) in [7, 11) is -3.64. The van der Waals surface area contributed by atoms with Crippen LogP contribution in [-0.4, -0.2) is 37.8 Å². The fourth-order valence-corrected chi connectivity index (χ4v) is 5.87. The number of benzene rings is 2. The zero-order chi connectivity index (χ0) is 19.9. The summed E-state index contributed by atoms with van der Waals surface area (Å²) in [6.07, 6.45) is 2.21. The molecule has 0 aliphatic carbocycles. The average Bonchev–Trinajstić information content (AvgIpc) is 3.03. The topological polar surface area (TPSA) is 57.7 Å². The molecule has 1 saturated heterocycles. The molecular weight excluding hydrogens is 396 g/mol. The van der Waals surface area contributed by atoms with Crippen molar-refractivity contribution in [2.24, 2.45) is 5.92 Å². The van der Waals surface area contributed by atoms with E-state index in [-0.39, 0.29) is 29.3 Å². The number of hydrogen-bond donors (Lipinski definition) is 0. The molecule has 28 heavy (non-hydrogen) atoms. The van der Waals surface area contributed by atoms with Gasteiger partial charge in [-0.25, -0.2) is 8.42 Å². The van der Waals surface area contributed by atoms with Gasteiger partial charge in [0.25, 0.3) is 0 Å². The number of halogens is 1. The Hall–Kier alpha value is -1.89. The van der Waals surface area contributed by atoms with Gasteiger partial charge in [0.1, 0.15) is 0 Å². The summed E-state index contributed by atoms with van der Waals surface area (Å²) in [5, 5.41) is 0.493. The standard InChI is InChI=1S/C21H23ClN2O3S/c1-15-13-16-5-2-3-7-20(16)24(15)21(25)17-6-4-12-23(14-17)28(26,27)19-10-8-18(22)9-11-19/h2-3,5,7-11,15,17H,4,6,12-14H2,1H3/t15-,17-/m0/s1. The fourth-order valence-electron chi connectivity index (χ4n) is 4.22. The van der Waals surface area contributed by atoms with Crippen LogP contribution in [0.5, 0.6) is 0 Å². The third-order valence-electron chi connectivity index (χ3n) is 5.63. The number of sulfonamides is 1. The molecule has 0 N–H and O–H groups in total. The van der Waals surface area contributed by atoms with E-state index in [1.165, 1.54) is 22.0 Å². The molecule has 0 bridgehead atoms. The van der Waals surface area contributed by atoms with Crippen molar-refractivity contribution in [3.8, 4) is 0 Å². The predicted molar refractivity (Wildman–Crippen MR) is 110 cm³/mol.